The van der Waals surface area contributed by atoms with Crippen LogP contribution in [-0.2, 0) is 17.8 Å². The molecule has 0 aliphatic rings. The SMILES string of the molecule is C=CCn1c(=NC(=O)Cc2ccc(C)cc2)sc2c(C)cc(C)cc21. The number of aryl methyl sites for hydroxylation is 3. The Morgan fingerprint density at radius 1 is 1.16 bits per heavy atom. The molecule has 3 aromatic rings. The molecule has 0 atom stereocenters. The number of hydrogen-bond acceptors (Lipinski definition) is 2. The monoisotopic (exact) mass is 350 g/mol. The third kappa shape index (κ3) is 3.80. The highest BCUT2D eigenvalue weighted by Crippen LogP contribution is 2.23. The number of amides is 1. The number of hydrogen-bond donors (Lipinski definition) is 0. The van der Waals surface area contributed by atoms with Crippen molar-refractivity contribution in [2.24, 2.45) is 4.99 Å². The topological polar surface area (TPSA) is 34.4 Å². The van der Waals surface area contributed by atoms with E-state index in [9.17, 15) is 4.79 Å². The predicted molar refractivity (Wildman–Crippen MR) is 105 cm³/mol. The van der Waals surface area contributed by atoms with Crippen molar-refractivity contribution in [3.63, 3.8) is 0 Å². The fourth-order valence-electron chi connectivity index (χ4n) is 2.93. The molecule has 3 nitrogen and oxygen atoms in total. The van der Waals surface area contributed by atoms with Gasteiger partial charge < -0.3 is 4.57 Å². The van der Waals surface area contributed by atoms with Crippen LogP contribution in [0.1, 0.15) is 22.3 Å². The Labute approximate surface area is 152 Å². The van der Waals surface area contributed by atoms with Crippen LogP contribution >= 0.6 is 11.3 Å². The van der Waals surface area contributed by atoms with Gasteiger partial charge in [0.25, 0.3) is 5.91 Å². The highest BCUT2D eigenvalue weighted by molar-refractivity contribution is 7.16. The molecule has 1 heterocycles. The Bertz CT molecular complexity index is 1010. The molecule has 2 aromatic carbocycles. The number of fused-ring (bicyclic) bond motifs is 1. The van der Waals surface area contributed by atoms with Crippen LogP contribution < -0.4 is 4.80 Å². The van der Waals surface area contributed by atoms with E-state index >= 15 is 0 Å². The van der Waals surface area contributed by atoms with E-state index in [0.29, 0.717) is 13.0 Å². The van der Waals surface area contributed by atoms with Gasteiger partial charge in [-0.3, -0.25) is 4.79 Å². The molecule has 1 aromatic heterocycles. The number of benzene rings is 2. The zero-order valence-electron chi connectivity index (χ0n) is 14.9. The van der Waals surface area contributed by atoms with Gasteiger partial charge in [-0.2, -0.15) is 4.99 Å². The van der Waals surface area contributed by atoms with Gasteiger partial charge in [0.15, 0.2) is 4.80 Å². The van der Waals surface area contributed by atoms with Gasteiger partial charge in [-0.05, 0) is 43.5 Å². The highest BCUT2D eigenvalue weighted by atomic mass is 32.1. The highest BCUT2D eigenvalue weighted by Gasteiger charge is 2.10. The Morgan fingerprint density at radius 3 is 2.56 bits per heavy atom. The van der Waals surface area contributed by atoms with E-state index in [1.807, 2.05) is 37.3 Å². The van der Waals surface area contributed by atoms with E-state index in [1.165, 1.54) is 21.4 Å². The molecule has 0 unspecified atom stereocenters. The van der Waals surface area contributed by atoms with Gasteiger partial charge in [-0.25, -0.2) is 0 Å². The molecular weight excluding hydrogens is 328 g/mol. The quantitative estimate of drug-likeness (QED) is 0.639. The molecule has 3 rings (SSSR count). The first-order chi connectivity index (χ1) is 12.0. The Hall–Kier alpha value is -2.46. The summed E-state index contributed by atoms with van der Waals surface area (Å²) in [5.74, 6) is -0.123. The lowest BCUT2D eigenvalue weighted by Gasteiger charge is -2.03. The number of carbonyl (C=O) groups excluding carboxylic acids is 1. The minimum absolute atomic E-state index is 0.123. The van der Waals surface area contributed by atoms with Gasteiger partial charge >= 0.3 is 0 Å². The molecular formula is C21H22N2OS. The van der Waals surface area contributed by atoms with Crippen molar-refractivity contribution >= 4 is 27.5 Å². The Morgan fingerprint density at radius 2 is 1.88 bits per heavy atom. The van der Waals surface area contributed by atoms with Crippen LogP contribution in [0.15, 0.2) is 54.0 Å². The number of nitrogens with zero attached hydrogens (tertiary/aromatic N) is 2. The predicted octanol–water partition coefficient (Wildman–Crippen LogP) is 4.48. The summed E-state index contributed by atoms with van der Waals surface area (Å²) in [5.41, 5.74) is 5.71. The molecule has 25 heavy (non-hydrogen) atoms. The lowest BCUT2D eigenvalue weighted by atomic mass is 10.1. The van der Waals surface area contributed by atoms with Crippen molar-refractivity contribution in [3.8, 4) is 0 Å². The third-order valence-electron chi connectivity index (χ3n) is 4.12. The van der Waals surface area contributed by atoms with Gasteiger partial charge in [-0.1, -0.05) is 53.3 Å². The minimum Gasteiger partial charge on any atom is -0.312 e. The van der Waals surface area contributed by atoms with Crippen LogP contribution in [0, 0.1) is 20.8 Å². The molecule has 0 radical (unpaired) electrons. The van der Waals surface area contributed by atoms with E-state index in [0.717, 1.165) is 15.9 Å². The summed E-state index contributed by atoms with van der Waals surface area (Å²) >= 11 is 1.57. The molecule has 0 saturated heterocycles. The van der Waals surface area contributed by atoms with Crippen LogP contribution in [0.2, 0.25) is 0 Å². The van der Waals surface area contributed by atoms with Gasteiger partial charge in [0.05, 0.1) is 16.6 Å². The standard InChI is InChI=1S/C21H22N2OS/c1-5-10-23-18-12-15(3)11-16(4)20(18)25-21(23)22-19(24)13-17-8-6-14(2)7-9-17/h5-9,11-12H,1,10,13H2,2-4H3. The molecule has 0 aliphatic carbocycles. The summed E-state index contributed by atoms with van der Waals surface area (Å²) in [4.78, 5) is 17.6. The maximum Gasteiger partial charge on any atom is 0.252 e. The fourth-order valence-corrected chi connectivity index (χ4v) is 4.04. The molecule has 0 bridgehead atoms. The number of rotatable bonds is 4. The summed E-state index contributed by atoms with van der Waals surface area (Å²) in [7, 11) is 0. The first kappa shape index (κ1) is 17.4. The average molecular weight is 350 g/mol. The van der Waals surface area contributed by atoms with Gasteiger partial charge in [0, 0.05) is 6.54 Å². The van der Waals surface area contributed by atoms with Gasteiger partial charge in [-0.15, -0.1) is 6.58 Å². The van der Waals surface area contributed by atoms with Crippen LogP contribution in [-0.4, -0.2) is 10.5 Å². The van der Waals surface area contributed by atoms with Crippen LogP contribution in [0.4, 0.5) is 0 Å². The van der Waals surface area contributed by atoms with Crippen molar-refractivity contribution < 1.29 is 4.79 Å². The van der Waals surface area contributed by atoms with Crippen molar-refractivity contribution in [2.45, 2.75) is 33.7 Å². The normalized spacial score (nSPS) is 11.9. The van der Waals surface area contributed by atoms with E-state index in [-0.39, 0.29) is 5.91 Å². The molecule has 0 saturated carbocycles. The summed E-state index contributed by atoms with van der Waals surface area (Å²) in [6.45, 7) is 10.7. The number of thiazole rings is 1. The first-order valence-corrected chi connectivity index (χ1v) is 9.14. The molecule has 0 aliphatic heterocycles. The second-order valence-corrected chi connectivity index (χ2v) is 7.36. The van der Waals surface area contributed by atoms with E-state index in [1.54, 1.807) is 11.3 Å². The van der Waals surface area contributed by atoms with E-state index in [4.69, 9.17) is 0 Å². The van der Waals surface area contributed by atoms with Crippen LogP contribution in [0.25, 0.3) is 10.2 Å². The summed E-state index contributed by atoms with van der Waals surface area (Å²) < 4.78 is 3.24. The largest absolute Gasteiger partial charge is 0.312 e. The Kier molecular flexibility index (Phi) is 5.00. The zero-order valence-corrected chi connectivity index (χ0v) is 15.7. The number of carbonyl (C=O) groups is 1. The van der Waals surface area contributed by atoms with E-state index in [2.05, 4.69) is 42.1 Å². The van der Waals surface area contributed by atoms with Gasteiger partial charge in [0.1, 0.15) is 0 Å². The Balaban J connectivity index is 2.04. The van der Waals surface area contributed by atoms with Crippen molar-refractivity contribution in [1.82, 2.24) is 4.57 Å². The molecule has 128 valence electrons. The third-order valence-corrected chi connectivity index (χ3v) is 5.35. The van der Waals surface area contributed by atoms with Crippen molar-refractivity contribution in [1.29, 1.82) is 0 Å². The van der Waals surface area contributed by atoms with Crippen molar-refractivity contribution in [2.75, 3.05) is 0 Å². The zero-order chi connectivity index (χ0) is 18.0. The van der Waals surface area contributed by atoms with Gasteiger partial charge in [0.2, 0.25) is 0 Å². The summed E-state index contributed by atoms with van der Waals surface area (Å²) in [5, 5.41) is 0. The number of allylic oxidation sites excluding steroid dienone is 1. The maximum absolute atomic E-state index is 12.5. The second-order valence-electron chi connectivity index (χ2n) is 6.38. The second kappa shape index (κ2) is 7.19. The van der Waals surface area contributed by atoms with Crippen LogP contribution in [0.3, 0.4) is 0 Å². The van der Waals surface area contributed by atoms with E-state index < -0.39 is 0 Å². The first-order valence-electron chi connectivity index (χ1n) is 8.32. The van der Waals surface area contributed by atoms with Crippen molar-refractivity contribution in [3.05, 3.63) is 76.1 Å². The summed E-state index contributed by atoms with van der Waals surface area (Å²) in [6.07, 6.45) is 2.16. The fraction of sp³-hybridized carbons (Fsp3) is 0.238. The number of aromatic nitrogens is 1. The molecule has 0 N–H and O–H groups in total. The minimum atomic E-state index is -0.123. The molecule has 1 amide bonds. The van der Waals surface area contributed by atoms with Crippen LogP contribution in [0.5, 0.6) is 0 Å². The molecule has 0 fully saturated rings. The summed E-state index contributed by atoms with van der Waals surface area (Å²) in [6, 6.07) is 12.3. The smallest absolute Gasteiger partial charge is 0.252 e. The lowest BCUT2D eigenvalue weighted by Crippen LogP contribution is -2.17. The average Bonchev–Trinajstić information content (AvgIpc) is 2.88. The lowest BCUT2D eigenvalue weighted by molar-refractivity contribution is -0.117. The molecule has 0 spiro atoms. The maximum atomic E-state index is 12.5. The molecule has 4 heteroatoms.